The summed E-state index contributed by atoms with van der Waals surface area (Å²) in [5.41, 5.74) is 0. The van der Waals surface area contributed by atoms with Crippen molar-refractivity contribution < 1.29 is 9.90 Å². The molecule has 0 radical (unpaired) electrons. The molecular formula is C13H24N2O2. The highest BCUT2D eigenvalue weighted by atomic mass is 16.3. The molecule has 98 valence electrons. The van der Waals surface area contributed by atoms with Gasteiger partial charge in [-0.1, -0.05) is 13.8 Å². The fourth-order valence-corrected chi connectivity index (χ4v) is 3.11. The lowest BCUT2D eigenvalue weighted by molar-refractivity contribution is -0.134. The molecule has 2 aliphatic heterocycles. The molecule has 2 fully saturated rings. The second kappa shape index (κ2) is 5.36. The molecule has 2 aliphatic rings. The van der Waals surface area contributed by atoms with E-state index in [4.69, 9.17) is 0 Å². The molecule has 0 aliphatic carbocycles. The van der Waals surface area contributed by atoms with Crippen LogP contribution >= 0.6 is 0 Å². The maximum absolute atomic E-state index is 12.2. The lowest BCUT2D eigenvalue weighted by Crippen LogP contribution is -2.46. The van der Waals surface area contributed by atoms with Gasteiger partial charge in [-0.05, 0) is 24.7 Å². The summed E-state index contributed by atoms with van der Waals surface area (Å²) in [6.45, 7) is 8.23. The first-order chi connectivity index (χ1) is 8.04. The van der Waals surface area contributed by atoms with Crippen molar-refractivity contribution in [1.82, 2.24) is 9.80 Å². The number of amides is 1. The number of carbonyl (C=O) groups is 1. The van der Waals surface area contributed by atoms with Crippen molar-refractivity contribution in [1.29, 1.82) is 0 Å². The van der Waals surface area contributed by atoms with Crippen molar-refractivity contribution in [2.75, 3.05) is 32.7 Å². The SMILES string of the molecule is CC1CC(C)CN(C(=O)CN2CC[C@H](O)C2)C1. The molecule has 0 aromatic heterocycles. The molecule has 2 unspecified atom stereocenters. The van der Waals surface area contributed by atoms with Gasteiger partial charge in [0.25, 0.3) is 0 Å². The van der Waals surface area contributed by atoms with Gasteiger partial charge in [0, 0.05) is 26.2 Å². The third kappa shape index (κ3) is 3.42. The van der Waals surface area contributed by atoms with Crippen molar-refractivity contribution >= 4 is 5.91 Å². The third-order valence-electron chi connectivity index (χ3n) is 3.83. The number of likely N-dealkylation sites (tertiary alicyclic amines) is 2. The van der Waals surface area contributed by atoms with Crippen molar-refractivity contribution in [3.05, 3.63) is 0 Å². The lowest BCUT2D eigenvalue weighted by atomic mass is 9.92. The molecule has 17 heavy (non-hydrogen) atoms. The van der Waals surface area contributed by atoms with Crippen LogP contribution in [0.5, 0.6) is 0 Å². The molecule has 2 heterocycles. The van der Waals surface area contributed by atoms with Gasteiger partial charge in [-0.2, -0.15) is 0 Å². The maximum atomic E-state index is 12.2. The number of rotatable bonds is 2. The van der Waals surface area contributed by atoms with Crippen LogP contribution in [0.3, 0.4) is 0 Å². The Morgan fingerprint density at radius 2 is 1.88 bits per heavy atom. The number of hydrogen-bond donors (Lipinski definition) is 1. The van der Waals surface area contributed by atoms with Gasteiger partial charge in [0.05, 0.1) is 12.6 Å². The zero-order chi connectivity index (χ0) is 12.4. The Kier molecular flexibility index (Phi) is 4.05. The van der Waals surface area contributed by atoms with E-state index in [0.29, 0.717) is 24.9 Å². The summed E-state index contributed by atoms with van der Waals surface area (Å²) < 4.78 is 0. The molecule has 2 rings (SSSR count). The van der Waals surface area contributed by atoms with Gasteiger partial charge >= 0.3 is 0 Å². The van der Waals surface area contributed by atoms with Crippen LogP contribution in [-0.4, -0.2) is 59.6 Å². The maximum Gasteiger partial charge on any atom is 0.236 e. The zero-order valence-electron chi connectivity index (χ0n) is 10.9. The summed E-state index contributed by atoms with van der Waals surface area (Å²) in [7, 11) is 0. The Balaban J connectivity index is 1.82. The molecule has 4 heteroatoms. The van der Waals surface area contributed by atoms with Gasteiger partial charge in [-0.15, -0.1) is 0 Å². The number of carbonyl (C=O) groups excluding carboxylic acids is 1. The number of aliphatic hydroxyl groups is 1. The summed E-state index contributed by atoms with van der Waals surface area (Å²) in [5.74, 6) is 1.47. The number of hydrogen-bond acceptors (Lipinski definition) is 3. The average molecular weight is 240 g/mol. The molecule has 0 spiro atoms. The zero-order valence-corrected chi connectivity index (χ0v) is 10.9. The lowest BCUT2D eigenvalue weighted by Gasteiger charge is -2.35. The molecule has 1 amide bonds. The van der Waals surface area contributed by atoms with Gasteiger partial charge in [-0.25, -0.2) is 0 Å². The fourth-order valence-electron chi connectivity index (χ4n) is 3.11. The Morgan fingerprint density at radius 1 is 1.24 bits per heavy atom. The third-order valence-corrected chi connectivity index (χ3v) is 3.83. The minimum Gasteiger partial charge on any atom is -0.392 e. The van der Waals surface area contributed by atoms with Gasteiger partial charge in [-0.3, -0.25) is 9.69 Å². The quantitative estimate of drug-likeness (QED) is 0.767. The van der Waals surface area contributed by atoms with Gasteiger partial charge in [0.15, 0.2) is 0 Å². The van der Waals surface area contributed by atoms with E-state index in [-0.39, 0.29) is 12.0 Å². The second-order valence-electron chi connectivity index (χ2n) is 5.92. The smallest absolute Gasteiger partial charge is 0.236 e. The van der Waals surface area contributed by atoms with Crippen LogP contribution in [0.15, 0.2) is 0 Å². The summed E-state index contributed by atoms with van der Waals surface area (Å²) >= 11 is 0. The van der Waals surface area contributed by atoms with E-state index in [0.717, 1.165) is 26.1 Å². The summed E-state index contributed by atoms with van der Waals surface area (Å²) in [6.07, 6.45) is 1.80. The Morgan fingerprint density at radius 3 is 2.41 bits per heavy atom. The molecular weight excluding hydrogens is 216 g/mol. The highest BCUT2D eigenvalue weighted by Gasteiger charge is 2.28. The van der Waals surface area contributed by atoms with Crippen molar-refractivity contribution in [3.63, 3.8) is 0 Å². The minimum absolute atomic E-state index is 0.234. The highest BCUT2D eigenvalue weighted by Crippen LogP contribution is 2.21. The van der Waals surface area contributed by atoms with E-state index in [1.807, 2.05) is 4.90 Å². The normalized spacial score (nSPS) is 35.2. The van der Waals surface area contributed by atoms with Crippen LogP contribution in [-0.2, 0) is 4.79 Å². The van der Waals surface area contributed by atoms with Crippen molar-refractivity contribution in [2.24, 2.45) is 11.8 Å². The summed E-state index contributed by atoms with van der Waals surface area (Å²) in [5, 5.41) is 9.44. The van der Waals surface area contributed by atoms with Crippen LogP contribution in [0.1, 0.15) is 26.7 Å². The van der Waals surface area contributed by atoms with Crippen LogP contribution < -0.4 is 0 Å². The predicted octanol–water partition coefficient (Wildman–Crippen LogP) is 0.557. The molecule has 0 saturated carbocycles. The topological polar surface area (TPSA) is 43.8 Å². The first-order valence-electron chi connectivity index (χ1n) is 6.72. The van der Waals surface area contributed by atoms with Gasteiger partial charge in [0.2, 0.25) is 5.91 Å². The molecule has 4 nitrogen and oxygen atoms in total. The Bertz CT molecular complexity index is 273. The highest BCUT2D eigenvalue weighted by molar-refractivity contribution is 5.78. The van der Waals surface area contributed by atoms with Crippen LogP contribution in [0.2, 0.25) is 0 Å². The Hall–Kier alpha value is -0.610. The van der Waals surface area contributed by atoms with Crippen molar-refractivity contribution in [3.8, 4) is 0 Å². The average Bonchev–Trinajstić information content (AvgIpc) is 2.62. The van der Waals surface area contributed by atoms with E-state index >= 15 is 0 Å². The minimum atomic E-state index is -0.234. The van der Waals surface area contributed by atoms with Crippen LogP contribution in [0, 0.1) is 11.8 Å². The molecule has 3 atom stereocenters. The fraction of sp³-hybridized carbons (Fsp3) is 0.923. The van der Waals surface area contributed by atoms with Crippen molar-refractivity contribution in [2.45, 2.75) is 32.8 Å². The Labute approximate surface area is 104 Å². The van der Waals surface area contributed by atoms with E-state index in [9.17, 15) is 9.90 Å². The van der Waals surface area contributed by atoms with E-state index in [2.05, 4.69) is 18.7 Å². The molecule has 0 bridgehead atoms. The summed E-state index contributed by atoms with van der Waals surface area (Å²) in [6, 6.07) is 0. The second-order valence-corrected chi connectivity index (χ2v) is 5.92. The first kappa shape index (κ1) is 12.8. The molecule has 1 N–H and O–H groups in total. The van der Waals surface area contributed by atoms with Gasteiger partial charge in [0.1, 0.15) is 0 Å². The standard InChI is InChI=1S/C13H24N2O2/c1-10-5-11(2)7-15(6-10)13(17)9-14-4-3-12(16)8-14/h10-12,16H,3-9H2,1-2H3/t10?,11?,12-/m0/s1. The number of β-amino-alcohol motifs (C(OH)–C–C–N with tert-alkyl or cyclic N) is 1. The van der Waals surface area contributed by atoms with E-state index in [1.165, 1.54) is 6.42 Å². The van der Waals surface area contributed by atoms with Crippen LogP contribution in [0.4, 0.5) is 0 Å². The largest absolute Gasteiger partial charge is 0.392 e. The number of piperidine rings is 1. The molecule has 2 saturated heterocycles. The number of aliphatic hydroxyl groups excluding tert-OH is 1. The van der Waals surface area contributed by atoms with Gasteiger partial charge < -0.3 is 10.0 Å². The first-order valence-corrected chi connectivity index (χ1v) is 6.72. The van der Waals surface area contributed by atoms with E-state index < -0.39 is 0 Å². The molecule has 0 aromatic carbocycles. The summed E-state index contributed by atoms with van der Waals surface area (Å²) in [4.78, 5) is 16.2. The number of nitrogens with zero attached hydrogens (tertiary/aromatic N) is 2. The molecule has 0 aromatic rings. The monoisotopic (exact) mass is 240 g/mol. The predicted molar refractivity (Wildman–Crippen MR) is 66.6 cm³/mol. The van der Waals surface area contributed by atoms with Crippen LogP contribution in [0.25, 0.3) is 0 Å². The van der Waals surface area contributed by atoms with E-state index in [1.54, 1.807) is 0 Å².